The molecule has 0 fully saturated rings. The van der Waals surface area contributed by atoms with Crippen LogP contribution in [-0.4, -0.2) is 29.3 Å². The van der Waals surface area contributed by atoms with Gasteiger partial charge in [-0.1, -0.05) is 0 Å². The zero-order chi connectivity index (χ0) is 12.8. The van der Waals surface area contributed by atoms with Gasteiger partial charge in [-0.25, -0.2) is 0 Å². The van der Waals surface area contributed by atoms with Crippen LogP contribution in [0.5, 0.6) is 0 Å². The fraction of sp³-hybridized carbons (Fsp3) is 0.667. The number of aryl methyl sites for hydroxylation is 2. The van der Waals surface area contributed by atoms with Crippen LogP contribution >= 0.6 is 15.9 Å². The van der Waals surface area contributed by atoms with Crippen molar-refractivity contribution in [2.45, 2.75) is 39.7 Å². The number of ether oxygens (including phenoxy) is 1. The Morgan fingerprint density at radius 1 is 1.53 bits per heavy atom. The quantitative estimate of drug-likeness (QED) is 0.727. The summed E-state index contributed by atoms with van der Waals surface area (Å²) in [6.45, 7) is 5.39. The van der Waals surface area contributed by atoms with Crippen LogP contribution in [0.4, 0.5) is 0 Å². The number of carbonyl (C=O) groups excluding carboxylic acids is 1. The lowest BCUT2D eigenvalue weighted by Crippen LogP contribution is -2.10. The SMILES string of the molecule is CCn1nc(C)c(Br)c1CC(=O)CCCOC. The lowest BCUT2D eigenvalue weighted by Gasteiger charge is -2.05. The minimum atomic E-state index is 0.234. The van der Waals surface area contributed by atoms with Gasteiger partial charge in [-0.3, -0.25) is 9.48 Å². The third-order valence-electron chi connectivity index (χ3n) is 2.62. The van der Waals surface area contributed by atoms with Gasteiger partial charge in [0.2, 0.25) is 0 Å². The Morgan fingerprint density at radius 2 is 2.24 bits per heavy atom. The van der Waals surface area contributed by atoms with Crippen molar-refractivity contribution in [3.63, 3.8) is 0 Å². The van der Waals surface area contributed by atoms with Crippen LogP contribution in [0.15, 0.2) is 4.47 Å². The number of rotatable bonds is 7. The van der Waals surface area contributed by atoms with E-state index in [1.807, 2.05) is 18.5 Å². The number of hydrogen-bond donors (Lipinski definition) is 0. The summed E-state index contributed by atoms with van der Waals surface area (Å²) in [5.74, 6) is 0.234. The average Bonchev–Trinajstić information content (AvgIpc) is 2.57. The first-order chi connectivity index (χ1) is 8.10. The van der Waals surface area contributed by atoms with E-state index in [2.05, 4.69) is 21.0 Å². The molecule has 4 nitrogen and oxygen atoms in total. The maximum atomic E-state index is 11.8. The highest BCUT2D eigenvalue weighted by Crippen LogP contribution is 2.22. The first-order valence-electron chi connectivity index (χ1n) is 5.82. The molecule has 0 aliphatic rings. The zero-order valence-corrected chi connectivity index (χ0v) is 12.2. The molecule has 0 amide bonds. The van der Waals surface area contributed by atoms with E-state index in [9.17, 15) is 4.79 Å². The highest BCUT2D eigenvalue weighted by molar-refractivity contribution is 9.10. The highest BCUT2D eigenvalue weighted by Gasteiger charge is 2.15. The van der Waals surface area contributed by atoms with Gasteiger partial charge in [-0.2, -0.15) is 5.10 Å². The summed E-state index contributed by atoms with van der Waals surface area (Å²) in [4.78, 5) is 11.8. The predicted octanol–water partition coefficient (Wildman–Crippen LogP) is 2.51. The minimum Gasteiger partial charge on any atom is -0.385 e. The van der Waals surface area contributed by atoms with Gasteiger partial charge in [-0.15, -0.1) is 0 Å². The summed E-state index contributed by atoms with van der Waals surface area (Å²) in [6, 6.07) is 0. The van der Waals surface area contributed by atoms with E-state index in [1.54, 1.807) is 7.11 Å². The van der Waals surface area contributed by atoms with Crippen LogP contribution in [0.3, 0.4) is 0 Å². The number of aromatic nitrogens is 2. The third kappa shape index (κ3) is 3.92. The zero-order valence-electron chi connectivity index (χ0n) is 10.6. The molecule has 0 aliphatic heterocycles. The van der Waals surface area contributed by atoms with Crippen molar-refractivity contribution in [3.8, 4) is 0 Å². The largest absolute Gasteiger partial charge is 0.385 e. The molecule has 0 bridgehead atoms. The monoisotopic (exact) mass is 302 g/mol. The first kappa shape index (κ1) is 14.4. The Kier molecular flexibility index (Phi) is 5.85. The topological polar surface area (TPSA) is 44.1 Å². The molecule has 0 saturated heterocycles. The Morgan fingerprint density at radius 3 is 2.82 bits per heavy atom. The van der Waals surface area contributed by atoms with Crippen molar-refractivity contribution in [1.82, 2.24) is 9.78 Å². The van der Waals surface area contributed by atoms with Gasteiger partial charge < -0.3 is 4.74 Å². The fourth-order valence-electron chi connectivity index (χ4n) is 1.73. The molecule has 0 spiro atoms. The van der Waals surface area contributed by atoms with Crippen LogP contribution in [0.1, 0.15) is 31.2 Å². The molecule has 17 heavy (non-hydrogen) atoms. The molecule has 0 aromatic carbocycles. The summed E-state index contributed by atoms with van der Waals surface area (Å²) >= 11 is 3.49. The molecule has 1 aromatic rings. The van der Waals surface area contributed by atoms with E-state index < -0.39 is 0 Å². The van der Waals surface area contributed by atoms with E-state index in [0.29, 0.717) is 19.4 Å². The number of methoxy groups -OCH3 is 1. The molecule has 0 aliphatic carbocycles. The van der Waals surface area contributed by atoms with Crippen molar-refractivity contribution < 1.29 is 9.53 Å². The van der Waals surface area contributed by atoms with E-state index >= 15 is 0 Å². The van der Waals surface area contributed by atoms with Crippen LogP contribution in [0, 0.1) is 6.92 Å². The van der Waals surface area contributed by atoms with Crippen molar-refractivity contribution in [3.05, 3.63) is 15.9 Å². The van der Waals surface area contributed by atoms with Gasteiger partial charge in [0.05, 0.1) is 15.9 Å². The van der Waals surface area contributed by atoms with Crippen molar-refractivity contribution in [2.24, 2.45) is 0 Å². The van der Waals surface area contributed by atoms with Gasteiger partial charge in [0.25, 0.3) is 0 Å². The highest BCUT2D eigenvalue weighted by atomic mass is 79.9. The second kappa shape index (κ2) is 6.91. The lowest BCUT2D eigenvalue weighted by atomic mass is 10.1. The summed E-state index contributed by atoms with van der Waals surface area (Å²) in [5.41, 5.74) is 1.92. The van der Waals surface area contributed by atoms with Gasteiger partial charge in [0, 0.05) is 33.1 Å². The van der Waals surface area contributed by atoms with E-state index in [0.717, 1.165) is 28.8 Å². The second-order valence-corrected chi connectivity index (χ2v) is 4.77. The molecule has 1 heterocycles. The Labute approximate surface area is 110 Å². The minimum absolute atomic E-state index is 0.234. The molecule has 0 atom stereocenters. The molecule has 0 unspecified atom stereocenters. The van der Waals surface area contributed by atoms with Crippen LogP contribution in [0.2, 0.25) is 0 Å². The maximum absolute atomic E-state index is 11.8. The van der Waals surface area contributed by atoms with Gasteiger partial charge in [0.1, 0.15) is 5.78 Å². The van der Waals surface area contributed by atoms with Crippen molar-refractivity contribution in [2.75, 3.05) is 13.7 Å². The molecule has 1 aromatic heterocycles. The second-order valence-electron chi connectivity index (χ2n) is 3.97. The Hall–Kier alpha value is -0.680. The van der Waals surface area contributed by atoms with E-state index in [1.165, 1.54) is 0 Å². The van der Waals surface area contributed by atoms with Crippen LogP contribution in [-0.2, 0) is 22.5 Å². The van der Waals surface area contributed by atoms with Gasteiger partial charge in [0.15, 0.2) is 0 Å². The van der Waals surface area contributed by atoms with Gasteiger partial charge in [-0.05, 0) is 36.2 Å². The molecule has 96 valence electrons. The van der Waals surface area contributed by atoms with E-state index in [-0.39, 0.29) is 5.78 Å². The molecular weight excluding hydrogens is 284 g/mol. The number of carbonyl (C=O) groups is 1. The van der Waals surface area contributed by atoms with Crippen LogP contribution < -0.4 is 0 Å². The molecular formula is C12H19BrN2O2. The number of Topliss-reactive ketones (excluding diaryl/α,β-unsaturated/α-hetero) is 1. The molecule has 0 radical (unpaired) electrons. The molecule has 0 N–H and O–H groups in total. The smallest absolute Gasteiger partial charge is 0.138 e. The standard InChI is InChI=1S/C12H19BrN2O2/c1-4-15-11(12(13)9(2)14-15)8-10(16)6-5-7-17-3/h4-8H2,1-3H3. The number of halogens is 1. The lowest BCUT2D eigenvalue weighted by molar-refractivity contribution is -0.118. The predicted molar refractivity (Wildman–Crippen MR) is 70.2 cm³/mol. The summed E-state index contributed by atoms with van der Waals surface area (Å²) < 4.78 is 7.78. The van der Waals surface area contributed by atoms with E-state index in [4.69, 9.17) is 4.74 Å². The number of ketones is 1. The number of nitrogens with zero attached hydrogens (tertiary/aromatic N) is 2. The Balaban J connectivity index is 2.64. The third-order valence-corrected chi connectivity index (χ3v) is 3.65. The summed E-state index contributed by atoms with van der Waals surface area (Å²) in [7, 11) is 1.65. The molecule has 1 rings (SSSR count). The first-order valence-corrected chi connectivity index (χ1v) is 6.61. The van der Waals surface area contributed by atoms with Gasteiger partial charge >= 0.3 is 0 Å². The van der Waals surface area contributed by atoms with Crippen molar-refractivity contribution in [1.29, 1.82) is 0 Å². The molecule has 0 saturated carbocycles. The Bertz CT molecular complexity index is 388. The summed E-state index contributed by atoms with van der Waals surface area (Å²) in [5, 5.41) is 4.37. The fourth-order valence-corrected chi connectivity index (χ4v) is 2.15. The normalized spacial score (nSPS) is 10.8. The average molecular weight is 303 g/mol. The summed E-state index contributed by atoms with van der Waals surface area (Å²) in [6.07, 6.45) is 1.79. The van der Waals surface area contributed by atoms with Crippen LogP contribution in [0.25, 0.3) is 0 Å². The molecule has 5 heteroatoms. The maximum Gasteiger partial charge on any atom is 0.138 e. The van der Waals surface area contributed by atoms with Crippen molar-refractivity contribution >= 4 is 21.7 Å². The number of hydrogen-bond acceptors (Lipinski definition) is 3.